The van der Waals surface area contributed by atoms with Gasteiger partial charge in [-0.1, -0.05) is 35.9 Å². The first-order valence-electron chi connectivity index (χ1n) is 7.93. The lowest BCUT2D eigenvalue weighted by Gasteiger charge is -2.12. The summed E-state index contributed by atoms with van der Waals surface area (Å²) >= 11 is 5.95. The minimum absolute atomic E-state index is 0.696. The zero-order valence-electron chi connectivity index (χ0n) is 13.9. The maximum Gasteiger partial charge on any atom is 0.183 e. The average molecular weight is 350 g/mol. The van der Waals surface area contributed by atoms with Gasteiger partial charge in [0.05, 0.1) is 5.69 Å². The molecule has 5 nitrogen and oxygen atoms in total. The normalized spacial score (nSPS) is 11.0. The van der Waals surface area contributed by atoms with Gasteiger partial charge in [-0.15, -0.1) is 10.2 Å². The van der Waals surface area contributed by atoms with E-state index in [0.717, 1.165) is 33.7 Å². The Morgan fingerprint density at radius 3 is 2.32 bits per heavy atom. The fraction of sp³-hybridized carbons (Fsp3) is 0.105. The number of nitrogens with zero attached hydrogens (tertiary/aromatic N) is 4. The molecule has 0 bridgehead atoms. The topological polar surface area (TPSA) is 55.6 Å². The number of aryl methyl sites for hydroxylation is 2. The number of nitrogens with one attached hydrogen (secondary N) is 1. The van der Waals surface area contributed by atoms with E-state index in [9.17, 15) is 0 Å². The number of aromatic nitrogens is 4. The van der Waals surface area contributed by atoms with Crippen LogP contribution in [0.3, 0.4) is 0 Å². The predicted octanol–water partition coefficient (Wildman–Crippen LogP) is 4.83. The molecular formula is C19H16ClN5. The van der Waals surface area contributed by atoms with Gasteiger partial charge in [-0.05, 0) is 44.2 Å². The monoisotopic (exact) mass is 349 g/mol. The molecule has 0 amide bonds. The van der Waals surface area contributed by atoms with Crippen LogP contribution >= 0.6 is 11.6 Å². The van der Waals surface area contributed by atoms with Gasteiger partial charge in [0.1, 0.15) is 0 Å². The first kappa shape index (κ1) is 15.6. The molecule has 0 aliphatic rings. The summed E-state index contributed by atoms with van der Waals surface area (Å²) in [4.78, 5) is 0. The van der Waals surface area contributed by atoms with Gasteiger partial charge in [-0.25, -0.2) is 4.68 Å². The highest BCUT2D eigenvalue weighted by Gasteiger charge is 2.13. The van der Waals surface area contributed by atoms with Crippen LogP contribution in [-0.2, 0) is 0 Å². The standard InChI is InChI=1S/C19H16ClN5/c1-12-11-13(2)25(24-12)19-17-6-4-3-5-16(17)18(22-23-19)21-15-9-7-14(20)8-10-15/h3-11H,1-2H3,(H,21,22). The number of hydrogen-bond donors (Lipinski definition) is 1. The molecule has 0 aliphatic carbocycles. The van der Waals surface area contributed by atoms with Crippen LogP contribution in [0.25, 0.3) is 16.6 Å². The molecule has 2 heterocycles. The van der Waals surface area contributed by atoms with Crippen molar-refractivity contribution in [3.05, 3.63) is 71.0 Å². The molecule has 6 heteroatoms. The molecule has 0 unspecified atom stereocenters. The van der Waals surface area contributed by atoms with E-state index < -0.39 is 0 Å². The van der Waals surface area contributed by atoms with Crippen LogP contribution in [0.5, 0.6) is 0 Å². The highest BCUT2D eigenvalue weighted by molar-refractivity contribution is 6.30. The van der Waals surface area contributed by atoms with Gasteiger partial charge in [-0.2, -0.15) is 5.10 Å². The fourth-order valence-electron chi connectivity index (χ4n) is 2.85. The van der Waals surface area contributed by atoms with E-state index >= 15 is 0 Å². The molecule has 124 valence electrons. The van der Waals surface area contributed by atoms with Crippen molar-refractivity contribution in [3.8, 4) is 5.82 Å². The van der Waals surface area contributed by atoms with Crippen LogP contribution in [0.1, 0.15) is 11.4 Å². The minimum atomic E-state index is 0.696. The number of hydrogen-bond acceptors (Lipinski definition) is 4. The van der Waals surface area contributed by atoms with E-state index in [-0.39, 0.29) is 0 Å². The van der Waals surface area contributed by atoms with Crippen molar-refractivity contribution in [2.24, 2.45) is 0 Å². The first-order chi connectivity index (χ1) is 12.1. The zero-order chi connectivity index (χ0) is 17.4. The van der Waals surface area contributed by atoms with Crippen molar-refractivity contribution in [2.75, 3.05) is 5.32 Å². The maximum atomic E-state index is 5.95. The van der Waals surface area contributed by atoms with Crippen molar-refractivity contribution in [1.29, 1.82) is 0 Å². The lowest BCUT2D eigenvalue weighted by molar-refractivity contribution is 0.792. The molecule has 0 radical (unpaired) electrons. The van der Waals surface area contributed by atoms with Crippen molar-refractivity contribution >= 4 is 33.9 Å². The SMILES string of the molecule is Cc1cc(C)n(-c2nnc(Nc3ccc(Cl)cc3)c3ccccc23)n1. The number of halogens is 1. The Morgan fingerprint density at radius 2 is 1.64 bits per heavy atom. The number of anilines is 2. The Balaban J connectivity index is 1.84. The zero-order valence-corrected chi connectivity index (χ0v) is 14.6. The molecule has 2 aromatic carbocycles. The molecule has 0 saturated heterocycles. The highest BCUT2D eigenvalue weighted by Crippen LogP contribution is 2.28. The summed E-state index contributed by atoms with van der Waals surface area (Å²) < 4.78 is 1.83. The van der Waals surface area contributed by atoms with Gasteiger partial charge in [0.25, 0.3) is 0 Å². The van der Waals surface area contributed by atoms with E-state index in [4.69, 9.17) is 11.6 Å². The van der Waals surface area contributed by atoms with Crippen molar-refractivity contribution in [3.63, 3.8) is 0 Å². The largest absolute Gasteiger partial charge is 0.338 e. The lowest BCUT2D eigenvalue weighted by atomic mass is 10.1. The predicted molar refractivity (Wildman–Crippen MR) is 101 cm³/mol. The molecule has 0 saturated carbocycles. The van der Waals surface area contributed by atoms with Gasteiger partial charge in [0.2, 0.25) is 0 Å². The Labute approximate surface area is 150 Å². The third kappa shape index (κ3) is 2.94. The minimum Gasteiger partial charge on any atom is -0.338 e. The quantitative estimate of drug-likeness (QED) is 0.575. The van der Waals surface area contributed by atoms with Gasteiger partial charge < -0.3 is 5.32 Å². The Kier molecular flexibility index (Phi) is 3.86. The molecule has 4 rings (SSSR count). The van der Waals surface area contributed by atoms with Crippen molar-refractivity contribution in [1.82, 2.24) is 20.0 Å². The van der Waals surface area contributed by atoms with E-state index in [0.29, 0.717) is 10.8 Å². The van der Waals surface area contributed by atoms with E-state index in [1.165, 1.54) is 0 Å². The molecule has 1 N–H and O–H groups in total. The number of benzene rings is 2. The van der Waals surface area contributed by atoms with Gasteiger partial charge in [-0.3, -0.25) is 0 Å². The van der Waals surface area contributed by atoms with Crippen molar-refractivity contribution in [2.45, 2.75) is 13.8 Å². The fourth-order valence-corrected chi connectivity index (χ4v) is 2.98. The Hall–Kier alpha value is -2.92. The van der Waals surface area contributed by atoms with Gasteiger partial charge >= 0.3 is 0 Å². The molecule has 0 spiro atoms. The average Bonchev–Trinajstić information content (AvgIpc) is 2.95. The van der Waals surface area contributed by atoms with Crippen LogP contribution in [0.2, 0.25) is 5.02 Å². The summed E-state index contributed by atoms with van der Waals surface area (Å²) in [7, 11) is 0. The second-order valence-electron chi connectivity index (χ2n) is 5.89. The first-order valence-corrected chi connectivity index (χ1v) is 8.31. The molecule has 25 heavy (non-hydrogen) atoms. The second kappa shape index (κ2) is 6.18. The Morgan fingerprint density at radius 1 is 0.920 bits per heavy atom. The lowest BCUT2D eigenvalue weighted by Crippen LogP contribution is -2.06. The molecule has 4 aromatic rings. The Bertz CT molecular complexity index is 1050. The van der Waals surface area contributed by atoms with Crippen LogP contribution in [-0.4, -0.2) is 20.0 Å². The molecule has 2 aromatic heterocycles. The molecule has 0 aliphatic heterocycles. The number of fused-ring (bicyclic) bond motifs is 1. The van der Waals surface area contributed by atoms with Crippen LogP contribution in [0.15, 0.2) is 54.6 Å². The molecule has 0 fully saturated rings. The maximum absolute atomic E-state index is 5.95. The van der Waals surface area contributed by atoms with Crippen LogP contribution < -0.4 is 5.32 Å². The van der Waals surface area contributed by atoms with E-state index in [1.807, 2.05) is 73.1 Å². The highest BCUT2D eigenvalue weighted by atomic mass is 35.5. The molecule has 0 atom stereocenters. The summed E-state index contributed by atoms with van der Waals surface area (Å²) in [5.41, 5.74) is 2.88. The summed E-state index contributed by atoms with van der Waals surface area (Å²) in [5.74, 6) is 1.42. The van der Waals surface area contributed by atoms with Gasteiger partial charge in [0, 0.05) is 27.2 Å². The van der Waals surface area contributed by atoms with Gasteiger partial charge in [0.15, 0.2) is 11.6 Å². The van der Waals surface area contributed by atoms with Crippen LogP contribution in [0.4, 0.5) is 11.5 Å². The van der Waals surface area contributed by atoms with E-state index in [1.54, 1.807) is 0 Å². The molecular weight excluding hydrogens is 334 g/mol. The number of rotatable bonds is 3. The summed E-state index contributed by atoms with van der Waals surface area (Å²) in [5, 5.41) is 19.3. The summed E-state index contributed by atoms with van der Waals surface area (Å²) in [6.45, 7) is 3.98. The van der Waals surface area contributed by atoms with Crippen molar-refractivity contribution < 1.29 is 0 Å². The second-order valence-corrected chi connectivity index (χ2v) is 6.33. The van der Waals surface area contributed by atoms with E-state index in [2.05, 4.69) is 20.6 Å². The van der Waals surface area contributed by atoms with Crippen LogP contribution in [0, 0.1) is 13.8 Å². The third-order valence-corrected chi connectivity index (χ3v) is 4.24. The smallest absolute Gasteiger partial charge is 0.183 e. The third-order valence-electron chi connectivity index (χ3n) is 3.98. The summed E-state index contributed by atoms with van der Waals surface area (Å²) in [6, 6.07) is 17.6. The summed E-state index contributed by atoms with van der Waals surface area (Å²) in [6.07, 6.45) is 0.